The molecule has 166 valence electrons. The standard InChI is InChI=1S/C27H44OSi2/c1-12-16-25(26(22(2)3)28-30(10,11)27(4,5)6)21-24(19-20-29(7,8)9)23-17-14-13-15-18-23/h12-15,17-18,21-22,25-26H,1,16H2,2-11H3/b24-21+/t25-,26+/m1/s1. The maximum atomic E-state index is 6.97. The molecule has 0 aliphatic rings. The van der Waals surface area contributed by atoms with Crippen LogP contribution in [0, 0.1) is 23.3 Å². The Morgan fingerprint density at radius 3 is 2.07 bits per heavy atom. The summed E-state index contributed by atoms with van der Waals surface area (Å²) in [5.41, 5.74) is 5.88. The number of allylic oxidation sites excluding steroid dienone is 2. The van der Waals surface area contributed by atoms with Gasteiger partial charge in [0.1, 0.15) is 8.07 Å². The maximum absolute atomic E-state index is 6.97. The first kappa shape index (κ1) is 26.7. The minimum Gasteiger partial charge on any atom is -0.413 e. The minimum absolute atomic E-state index is 0.149. The molecule has 0 bridgehead atoms. The Kier molecular flexibility index (Phi) is 9.61. The largest absolute Gasteiger partial charge is 0.413 e. The molecule has 0 radical (unpaired) electrons. The van der Waals surface area contributed by atoms with Crippen LogP contribution in [0.25, 0.3) is 5.57 Å². The highest BCUT2D eigenvalue weighted by atomic mass is 28.4. The molecule has 0 spiro atoms. The lowest BCUT2D eigenvalue weighted by Crippen LogP contribution is -2.47. The third kappa shape index (κ3) is 8.42. The van der Waals surface area contributed by atoms with Crippen molar-refractivity contribution in [2.24, 2.45) is 11.8 Å². The Morgan fingerprint density at radius 2 is 1.63 bits per heavy atom. The molecule has 0 saturated heterocycles. The van der Waals surface area contributed by atoms with Gasteiger partial charge in [0.25, 0.3) is 0 Å². The van der Waals surface area contributed by atoms with Gasteiger partial charge in [-0.05, 0) is 36.0 Å². The Bertz CT molecular complexity index is 765. The van der Waals surface area contributed by atoms with Crippen molar-refractivity contribution in [1.82, 2.24) is 0 Å². The van der Waals surface area contributed by atoms with Gasteiger partial charge in [-0.25, -0.2) is 0 Å². The van der Waals surface area contributed by atoms with Gasteiger partial charge < -0.3 is 4.43 Å². The topological polar surface area (TPSA) is 9.23 Å². The average Bonchev–Trinajstić information content (AvgIpc) is 2.61. The van der Waals surface area contributed by atoms with Crippen LogP contribution in [0.4, 0.5) is 0 Å². The van der Waals surface area contributed by atoms with Gasteiger partial charge in [0.15, 0.2) is 8.32 Å². The zero-order valence-electron chi connectivity index (χ0n) is 21.1. The molecular formula is C27H44OSi2. The lowest BCUT2D eigenvalue weighted by molar-refractivity contribution is 0.0949. The molecule has 0 aromatic heterocycles. The van der Waals surface area contributed by atoms with E-state index in [1.807, 2.05) is 6.08 Å². The monoisotopic (exact) mass is 440 g/mol. The maximum Gasteiger partial charge on any atom is 0.192 e. The molecule has 2 atom stereocenters. The van der Waals surface area contributed by atoms with Crippen LogP contribution in [0.15, 0.2) is 49.1 Å². The summed E-state index contributed by atoms with van der Waals surface area (Å²) < 4.78 is 6.97. The molecule has 0 N–H and O–H groups in total. The van der Waals surface area contributed by atoms with E-state index < -0.39 is 16.4 Å². The highest BCUT2D eigenvalue weighted by Gasteiger charge is 2.41. The molecular weight excluding hydrogens is 396 g/mol. The molecule has 1 aromatic rings. The summed E-state index contributed by atoms with van der Waals surface area (Å²) in [6.45, 7) is 27.1. The molecule has 1 aromatic carbocycles. The van der Waals surface area contributed by atoms with Crippen molar-refractivity contribution in [3.8, 4) is 11.5 Å². The first-order valence-electron chi connectivity index (χ1n) is 11.3. The van der Waals surface area contributed by atoms with Gasteiger partial charge in [0.05, 0.1) is 6.10 Å². The van der Waals surface area contributed by atoms with E-state index in [4.69, 9.17) is 4.43 Å². The van der Waals surface area contributed by atoms with Crippen molar-refractivity contribution in [2.75, 3.05) is 0 Å². The molecule has 0 aliphatic carbocycles. The van der Waals surface area contributed by atoms with Crippen LogP contribution in [0.5, 0.6) is 0 Å². The molecule has 0 unspecified atom stereocenters. The molecule has 0 heterocycles. The lowest BCUT2D eigenvalue weighted by Gasteiger charge is -2.42. The van der Waals surface area contributed by atoms with Crippen LogP contribution in [0.2, 0.25) is 37.8 Å². The third-order valence-electron chi connectivity index (χ3n) is 5.79. The fraction of sp³-hybridized carbons (Fsp3) is 0.556. The van der Waals surface area contributed by atoms with Crippen LogP contribution >= 0.6 is 0 Å². The van der Waals surface area contributed by atoms with E-state index in [1.54, 1.807) is 0 Å². The summed E-state index contributed by atoms with van der Waals surface area (Å²) in [6.07, 6.45) is 5.43. The van der Waals surface area contributed by atoms with E-state index in [0.717, 1.165) is 12.0 Å². The van der Waals surface area contributed by atoms with E-state index in [9.17, 15) is 0 Å². The summed E-state index contributed by atoms with van der Waals surface area (Å²) in [5, 5.41) is 0.183. The fourth-order valence-corrected chi connectivity index (χ4v) is 5.01. The summed E-state index contributed by atoms with van der Waals surface area (Å²) in [5.74, 6) is 4.22. The Morgan fingerprint density at radius 1 is 1.07 bits per heavy atom. The number of benzene rings is 1. The normalized spacial score (nSPS) is 15.4. The summed E-state index contributed by atoms with van der Waals surface area (Å²) >= 11 is 0. The van der Waals surface area contributed by atoms with Crippen molar-refractivity contribution in [3.63, 3.8) is 0 Å². The van der Waals surface area contributed by atoms with Gasteiger partial charge in [-0.3, -0.25) is 0 Å². The quantitative estimate of drug-likeness (QED) is 0.225. The zero-order valence-corrected chi connectivity index (χ0v) is 23.1. The van der Waals surface area contributed by atoms with E-state index >= 15 is 0 Å². The van der Waals surface area contributed by atoms with Crippen molar-refractivity contribution in [1.29, 1.82) is 0 Å². The first-order chi connectivity index (χ1) is 13.7. The minimum atomic E-state index is -1.89. The van der Waals surface area contributed by atoms with E-state index in [-0.39, 0.29) is 17.1 Å². The van der Waals surface area contributed by atoms with Crippen LogP contribution in [0.3, 0.4) is 0 Å². The molecule has 0 amide bonds. The number of hydrogen-bond donors (Lipinski definition) is 0. The predicted octanol–water partition coefficient (Wildman–Crippen LogP) is 8.19. The molecule has 1 nitrogen and oxygen atoms in total. The van der Waals surface area contributed by atoms with Gasteiger partial charge in [-0.2, -0.15) is 0 Å². The molecule has 0 fully saturated rings. The molecule has 0 aliphatic heterocycles. The average molecular weight is 441 g/mol. The van der Waals surface area contributed by atoms with Crippen LogP contribution in [-0.2, 0) is 4.43 Å². The van der Waals surface area contributed by atoms with Gasteiger partial charge in [0.2, 0.25) is 0 Å². The van der Waals surface area contributed by atoms with E-state index in [1.165, 1.54) is 5.56 Å². The summed E-state index contributed by atoms with van der Waals surface area (Å²) in [4.78, 5) is 0. The van der Waals surface area contributed by atoms with Crippen LogP contribution < -0.4 is 0 Å². The van der Waals surface area contributed by atoms with Crippen molar-refractivity contribution in [3.05, 3.63) is 54.6 Å². The second-order valence-electron chi connectivity index (χ2n) is 11.2. The molecule has 30 heavy (non-hydrogen) atoms. The SMILES string of the molecule is C=CC[C@H](/C=C(\C#C[Si](C)(C)C)c1ccccc1)[C@@H](O[Si](C)(C)C(C)(C)C)C(C)C. The van der Waals surface area contributed by atoms with Crippen LogP contribution in [-0.4, -0.2) is 22.5 Å². The number of hydrogen-bond acceptors (Lipinski definition) is 1. The first-order valence-corrected chi connectivity index (χ1v) is 17.7. The van der Waals surface area contributed by atoms with E-state index in [2.05, 4.69) is 122 Å². The third-order valence-corrected chi connectivity index (χ3v) is 11.1. The highest BCUT2D eigenvalue weighted by molar-refractivity contribution is 6.84. The van der Waals surface area contributed by atoms with Crippen LogP contribution in [0.1, 0.15) is 46.6 Å². The Labute approximate surface area is 189 Å². The molecule has 0 saturated carbocycles. The second kappa shape index (κ2) is 10.8. The highest BCUT2D eigenvalue weighted by Crippen LogP contribution is 2.40. The van der Waals surface area contributed by atoms with Gasteiger partial charge in [0, 0.05) is 11.5 Å². The van der Waals surface area contributed by atoms with Gasteiger partial charge in [-0.1, -0.05) is 103 Å². The second-order valence-corrected chi connectivity index (χ2v) is 20.7. The predicted molar refractivity (Wildman–Crippen MR) is 141 cm³/mol. The van der Waals surface area contributed by atoms with Crippen molar-refractivity contribution < 1.29 is 4.43 Å². The van der Waals surface area contributed by atoms with Gasteiger partial charge in [-0.15, -0.1) is 12.1 Å². The number of rotatable bonds is 8. The smallest absolute Gasteiger partial charge is 0.192 e. The molecule has 1 rings (SSSR count). The molecule has 3 heteroatoms. The Balaban J connectivity index is 3.49. The van der Waals surface area contributed by atoms with Crippen molar-refractivity contribution in [2.45, 2.75) is 84.9 Å². The summed E-state index contributed by atoms with van der Waals surface area (Å²) in [6, 6.07) is 10.6. The lowest BCUT2D eigenvalue weighted by atomic mass is 9.88. The fourth-order valence-electron chi connectivity index (χ4n) is 3.02. The Hall–Kier alpha value is -1.35. The van der Waals surface area contributed by atoms with Gasteiger partial charge >= 0.3 is 0 Å². The van der Waals surface area contributed by atoms with Crippen molar-refractivity contribution >= 4 is 22.0 Å². The zero-order chi connectivity index (χ0) is 23.2. The van der Waals surface area contributed by atoms with E-state index in [0.29, 0.717) is 5.92 Å². The summed E-state index contributed by atoms with van der Waals surface area (Å²) in [7, 11) is -3.38.